The molecular formula is C15H13N3OS. The first kappa shape index (κ1) is 12.6. The van der Waals surface area contributed by atoms with Gasteiger partial charge in [0.2, 0.25) is 5.91 Å². The quantitative estimate of drug-likeness (QED) is 0.748. The fraction of sp³-hybridized carbons (Fsp3) is 0.0667. The maximum Gasteiger partial charge on any atom is 0.244 e. The molecule has 4 nitrogen and oxygen atoms in total. The van der Waals surface area contributed by atoms with Crippen molar-refractivity contribution in [2.75, 3.05) is 0 Å². The summed E-state index contributed by atoms with van der Waals surface area (Å²) in [5.41, 5.74) is 2.01. The van der Waals surface area contributed by atoms with E-state index in [9.17, 15) is 4.79 Å². The van der Waals surface area contributed by atoms with Gasteiger partial charge in [-0.2, -0.15) is 5.10 Å². The number of hydrogen-bond donors (Lipinski definition) is 1. The molecule has 0 aliphatic carbocycles. The van der Waals surface area contributed by atoms with Crippen LogP contribution in [0.25, 0.3) is 11.6 Å². The molecule has 3 heterocycles. The molecule has 0 fully saturated rings. The molecule has 0 saturated heterocycles. The van der Waals surface area contributed by atoms with Crippen molar-refractivity contribution in [1.82, 2.24) is 14.9 Å². The van der Waals surface area contributed by atoms with Gasteiger partial charge in [0.1, 0.15) is 0 Å². The number of nitrogens with one attached hydrogen (secondary N) is 1. The van der Waals surface area contributed by atoms with Crippen LogP contribution in [0.4, 0.5) is 0 Å². The van der Waals surface area contributed by atoms with Gasteiger partial charge in [-0.1, -0.05) is 12.1 Å². The van der Waals surface area contributed by atoms with Gasteiger partial charge in [-0.15, -0.1) is 11.3 Å². The number of amides is 1. The average Bonchev–Trinajstić information content (AvgIpc) is 3.12. The third-order valence-corrected chi connectivity index (χ3v) is 3.74. The maximum atomic E-state index is 11.7. The minimum absolute atomic E-state index is 0.103. The molecule has 0 bridgehead atoms. The molecule has 1 N–H and O–H groups in total. The second kappa shape index (κ2) is 5.71. The molecule has 20 heavy (non-hydrogen) atoms. The number of fused-ring (bicyclic) bond motifs is 1. The van der Waals surface area contributed by atoms with Crippen LogP contribution in [0, 0.1) is 0 Å². The van der Waals surface area contributed by atoms with Crippen LogP contribution in [0.3, 0.4) is 0 Å². The van der Waals surface area contributed by atoms with Gasteiger partial charge >= 0.3 is 0 Å². The van der Waals surface area contributed by atoms with Crippen molar-refractivity contribution in [2.45, 2.75) is 6.54 Å². The molecule has 0 unspecified atom stereocenters. The van der Waals surface area contributed by atoms with Gasteiger partial charge in [-0.25, -0.2) is 4.52 Å². The van der Waals surface area contributed by atoms with Crippen molar-refractivity contribution in [3.05, 3.63) is 64.6 Å². The zero-order chi connectivity index (χ0) is 13.8. The molecule has 0 aliphatic rings. The fourth-order valence-corrected chi connectivity index (χ4v) is 2.53. The molecule has 0 atom stereocenters. The van der Waals surface area contributed by atoms with Gasteiger partial charge in [0, 0.05) is 29.3 Å². The van der Waals surface area contributed by atoms with Gasteiger partial charge in [-0.3, -0.25) is 4.79 Å². The van der Waals surface area contributed by atoms with E-state index in [2.05, 4.69) is 10.4 Å². The van der Waals surface area contributed by atoms with Gasteiger partial charge in [0.15, 0.2) is 0 Å². The first-order valence-corrected chi connectivity index (χ1v) is 7.11. The number of thiophene rings is 1. The first-order chi connectivity index (χ1) is 9.83. The summed E-state index contributed by atoms with van der Waals surface area (Å²) < 4.78 is 1.79. The summed E-state index contributed by atoms with van der Waals surface area (Å²) in [5, 5.41) is 9.08. The maximum absolute atomic E-state index is 11.7. The highest BCUT2D eigenvalue weighted by Gasteiger charge is 2.03. The van der Waals surface area contributed by atoms with Crippen LogP contribution in [0.2, 0.25) is 0 Å². The largest absolute Gasteiger partial charge is 0.348 e. The van der Waals surface area contributed by atoms with Crippen molar-refractivity contribution < 1.29 is 4.79 Å². The van der Waals surface area contributed by atoms with E-state index < -0.39 is 0 Å². The van der Waals surface area contributed by atoms with Crippen LogP contribution in [0.5, 0.6) is 0 Å². The molecule has 0 aliphatic heterocycles. The lowest BCUT2D eigenvalue weighted by Crippen LogP contribution is -2.20. The van der Waals surface area contributed by atoms with E-state index in [1.54, 1.807) is 28.1 Å². The molecule has 1 amide bonds. The topological polar surface area (TPSA) is 46.4 Å². The third kappa shape index (κ3) is 2.78. The molecule has 5 heteroatoms. The van der Waals surface area contributed by atoms with E-state index in [1.165, 1.54) is 0 Å². The summed E-state index contributed by atoms with van der Waals surface area (Å²) in [5.74, 6) is -0.103. The number of hydrogen-bond acceptors (Lipinski definition) is 3. The predicted molar refractivity (Wildman–Crippen MR) is 80.4 cm³/mol. The first-order valence-electron chi connectivity index (χ1n) is 6.23. The molecule has 3 aromatic rings. The van der Waals surface area contributed by atoms with Gasteiger partial charge in [-0.05, 0) is 29.7 Å². The van der Waals surface area contributed by atoms with Crippen molar-refractivity contribution in [1.29, 1.82) is 0 Å². The molecular weight excluding hydrogens is 270 g/mol. The molecule has 3 aromatic heterocycles. The zero-order valence-corrected chi connectivity index (χ0v) is 11.5. The summed E-state index contributed by atoms with van der Waals surface area (Å²) in [4.78, 5) is 12.8. The van der Waals surface area contributed by atoms with Crippen LogP contribution >= 0.6 is 11.3 Å². The van der Waals surface area contributed by atoms with Gasteiger partial charge in [0.25, 0.3) is 0 Å². The van der Waals surface area contributed by atoms with E-state index in [1.807, 2.05) is 48.0 Å². The summed E-state index contributed by atoms with van der Waals surface area (Å²) in [6, 6.07) is 9.79. The number of nitrogens with zero attached hydrogens (tertiary/aromatic N) is 2. The normalized spacial score (nSPS) is 11.2. The Morgan fingerprint density at radius 1 is 1.35 bits per heavy atom. The van der Waals surface area contributed by atoms with E-state index in [0.29, 0.717) is 6.54 Å². The minimum Gasteiger partial charge on any atom is -0.348 e. The monoisotopic (exact) mass is 283 g/mol. The lowest BCUT2D eigenvalue weighted by atomic mass is 10.2. The second-order valence-corrected chi connectivity index (χ2v) is 5.25. The fourth-order valence-electron chi connectivity index (χ4n) is 1.91. The van der Waals surface area contributed by atoms with Crippen molar-refractivity contribution in [2.24, 2.45) is 0 Å². The number of aromatic nitrogens is 2. The number of carbonyl (C=O) groups is 1. The summed E-state index contributed by atoms with van der Waals surface area (Å²) >= 11 is 1.60. The van der Waals surface area contributed by atoms with Crippen LogP contribution in [0.15, 0.2) is 54.2 Å². The van der Waals surface area contributed by atoms with Gasteiger partial charge < -0.3 is 5.32 Å². The molecule has 0 spiro atoms. The Balaban J connectivity index is 1.63. The highest BCUT2D eigenvalue weighted by Crippen LogP contribution is 2.11. The minimum atomic E-state index is -0.103. The van der Waals surface area contributed by atoms with Crippen LogP contribution in [-0.4, -0.2) is 15.5 Å². The molecule has 0 radical (unpaired) electrons. The summed E-state index contributed by atoms with van der Waals surface area (Å²) in [6.07, 6.45) is 7.03. The molecule has 100 valence electrons. The summed E-state index contributed by atoms with van der Waals surface area (Å²) in [7, 11) is 0. The van der Waals surface area contributed by atoms with Crippen molar-refractivity contribution in [3.63, 3.8) is 0 Å². The van der Waals surface area contributed by atoms with E-state index in [0.717, 1.165) is 16.0 Å². The highest BCUT2D eigenvalue weighted by molar-refractivity contribution is 7.10. The molecule has 0 saturated carbocycles. The Kier molecular flexibility index (Phi) is 3.60. The zero-order valence-electron chi connectivity index (χ0n) is 10.7. The van der Waals surface area contributed by atoms with Crippen LogP contribution in [-0.2, 0) is 11.3 Å². The predicted octanol–water partition coefficient (Wildman–Crippen LogP) is 2.73. The highest BCUT2D eigenvalue weighted by atomic mass is 32.1. The second-order valence-electron chi connectivity index (χ2n) is 4.27. The summed E-state index contributed by atoms with van der Waals surface area (Å²) in [6.45, 7) is 0.473. The Hall–Kier alpha value is -2.40. The number of pyridine rings is 1. The smallest absolute Gasteiger partial charge is 0.244 e. The Morgan fingerprint density at radius 3 is 3.15 bits per heavy atom. The van der Waals surface area contributed by atoms with E-state index in [-0.39, 0.29) is 5.91 Å². The van der Waals surface area contributed by atoms with Crippen molar-refractivity contribution in [3.8, 4) is 0 Å². The SMILES string of the molecule is O=C(/C=C/c1cccs1)NCc1cnn2ccccc12. The Morgan fingerprint density at radius 2 is 2.30 bits per heavy atom. The molecule has 0 aromatic carbocycles. The molecule has 3 rings (SSSR count). The Labute approximate surface area is 120 Å². The average molecular weight is 283 g/mol. The van der Waals surface area contributed by atoms with E-state index >= 15 is 0 Å². The number of rotatable bonds is 4. The number of carbonyl (C=O) groups excluding carboxylic acids is 1. The third-order valence-electron chi connectivity index (χ3n) is 2.90. The lowest BCUT2D eigenvalue weighted by Gasteiger charge is -2.00. The standard InChI is InChI=1S/C15H13N3OS/c19-15(7-6-13-4-3-9-20-13)16-10-12-11-17-18-8-2-1-5-14(12)18/h1-9,11H,10H2,(H,16,19)/b7-6+. The van der Waals surface area contributed by atoms with E-state index in [4.69, 9.17) is 0 Å². The van der Waals surface area contributed by atoms with Crippen LogP contribution in [0.1, 0.15) is 10.4 Å². The van der Waals surface area contributed by atoms with Gasteiger partial charge in [0.05, 0.1) is 11.7 Å². The van der Waals surface area contributed by atoms with Crippen LogP contribution < -0.4 is 5.32 Å². The lowest BCUT2D eigenvalue weighted by molar-refractivity contribution is -0.116. The Bertz CT molecular complexity index is 743. The van der Waals surface area contributed by atoms with Crippen molar-refractivity contribution >= 4 is 28.8 Å².